The predicted molar refractivity (Wildman–Crippen MR) is 105 cm³/mol. The third-order valence-corrected chi connectivity index (χ3v) is 5.62. The first-order valence-electron chi connectivity index (χ1n) is 8.88. The van der Waals surface area contributed by atoms with Crippen LogP contribution in [0.1, 0.15) is 30.9 Å². The Morgan fingerprint density at radius 1 is 1.13 bits per heavy atom. The lowest BCUT2D eigenvalue weighted by Gasteiger charge is -2.24. The molecule has 2 aromatic carbocycles. The summed E-state index contributed by atoms with van der Waals surface area (Å²) in [7, 11) is -4.61. The van der Waals surface area contributed by atoms with Crippen molar-refractivity contribution in [2.75, 3.05) is 6.61 Å². The van der Waals surface area contributed by atoms with Crippen molar-refractivity contribution in [1.82, 2.24) is 0 Å². The maximum atomic E-state index is 14.4. The summed E-state index contributed by atoms with van der Waals surface area (Å²) in [5.41, 5.74) is 4.59. The van der Waals surface area contributed by atoms with E-state index in [0.717, 1.165) is 23.9 Å². The van der Waals surface area contributed by atoms with Gasteiger partial charge in [0.1, 0.15) is 5.82 Å². The summed E-state index contributed by atoms with van der Waals surface area (Å²) in [6.07, 6.45) is -3.32. The molecule has 0 heterocycles. The van der Waals surface area contributed by atoms with Crippen molar-refractivity contribution >= 4 is 19.6 Å². The zero-order valence-electron chi connectivity index (χ0n) is 16.0. The van der Waals surface area contributed by atoms with Crippen LogP contribution >= 0.6 is 19.6 Å². The average Bonchev–Trinajstić information content (AvgIpc) is 2.61. The Kier molecular flexibility index (Phi) is 8.12. The topological polar surface area (TPSA) is 92.8 Å². The zero-order chi connectivity index (χ0) is 22.6. The van der Waals surface area contributed by atoms with Crippen molar-refractivity contribution in [1.29, 1.82) is 0 Å². The van der Waals surface area contributed by atoms with Gasteiger partial charge in [0.2, 0.25) is 0 Å². The first-order chi connectivity index (χ1) is 13.8. The standard InChI is InChI=1S/C19H22F4NO4PS/c1-18(24,12-28-29(25,26)27)9-3-4-13-7-8-16(11-17(13)20)30-15-6-2-5-14(10-15)19(21,22)23/h2,5-8,10-11H,3-4,9,12,24H2,1H3,(H2,25,26,27)/t18-/m1/s1. The maximum Gasteiger partial charge on any atom is 0.469 e. The molecule has 0 unspecified atom stereocenters. The second kappa shape index (κ2) is 9.80. The third kappa shape index (κ3) is 8.37. The fourth-order valence-corrected chi connectivity index (χ4v) is 4.02. The van der Waals surface area contributed by atoms with Crippen molar-refractivity contribution in [3.05, 3.63) is 59.4 Å². The fourth-order valence-electron chi connectivity index (χ4n) is 2.65. The first kappa shape index (κ1) is 24.8. The van der Waals surface area contributed by atoms with E-state index in [4.69, 9.17) is 15.5 Å². The Labute approximate surface area is 175 Å². The molecule has 0 aromatic heterocycles. The molecule has 0 amide bonds. The number of aryl methyl sites for hydroxylation is 1. The highest BCUT2D eigenvalue weighted by molar-refractivity contribution is 7.99. The molecule has 2 aromatic rings. The summed E-state index contributed by atoms with van der Waals surface area (Å²) in [6, 6.07) is 9.26. The summed E-state index contributed by atoms with van der Waals surface area (Å²) in [6.45, 7) is 1.24. The number of hydrogen-bond acceptors (Lipinski definition) is 4. The molecule has 0 spiro atoms. The number of nitrogens with two attached hydrogens (primary N) is 1. The Hall–Kier alpha value is -1.42. The molecule has 0 saturated heterocycles. The third-order valence-electron chi connectivity index (χ3n) is 4.18. The van der Waals surface area contributed by atoms with Crippen LogP contribution in [0.25, 0.3) is 0 Å². The molecule has 1 atom stereocenters. The highest BCUT2D eigenvalue weighted by Gasteiger charge is 2.30. The monoisotopic (exact) mass is 467 g/mol. The quantitative estimate of drug-likeness (QED) is 0.349. The van der Waals surface area contributed by atoms with Crippen LogP contribution in [0.5, 0.6) is 0 Å². The molecule has 0 aliphatic carbocycles. The van der Waals surface area contributed by atoms with Gasteiger partial charge in [-0.25, -0.2) is 8.96 Å². The minimum absolute atomic E-state index is 0.336. The van der Waals surface area contributed by atoms with Gasteiger partial charge >= 0.3 is 14.0 Å². The number of phosphoric acid groups is 1. The summed E-state index contributed by atoms with van der Waals surface area (Å²) in [4.78, 5) is 18.3. The highest BCUT2D eigenvalue weighted by Crippen LogP contribution is 2.37. The molecule has 0 radical (unpaired) electrons. The van der Waals surface area contributed by atoms with Gasteiger partial charge in [-0.2, -0.15) is 13.2 Å². The van der Waals surface area contributed by atoms with Crippen LogP contribution in [-0.4, -0.2) is 21.9 Å². The Bertz CT molecular complexity index is 918. The summed E-state index contributed by atoms with van der Waals surface area (Å²) < 4.78 is 68.0. The minimum atomic E-state index is -4.61. The van der Waals surface area contributed by atoms with Crippen molar-refractivity contribution in [3.8, 4) is 0 Å². The van der Waals surface area contributed by atoms with Gasteiger partial charge in [0.15, 0.2) is 0 Å². The number of halogens is 4. The second-order valence-corrected chi connectivity index (χ2v) is 9.54. The van der Waals surface area contributed by atoms with E-state index in [0.29, 0.717) is 34.6 Å². The van der Waals surface area contributed by atoms with E-state index in [1.54, 1.807) is 19.1 Å². The van der Waals surface area contributed by atoms with Gasteiger partial charge in [0.05, 0.1) is 12.2 Å². The molecular formula is C19H22F4NO4PS. The lowest BCUT2D eigenvalue weighted by atomic mass is 9.95. The van der Waals surface area contributed by atoms with Gasteiger partial charge in [-0.05, 0) is 62.1 Å². The van der Waals surface area contributed by atoms with Gasteiger partial charge in [-0.1, -0.05) is 23.9 Å². The Morgan fingerprint density at radius 2 is 1.80 bits per heavy atom. The van der Waals surface area contributed by atoms with Crippen LogP contribution in [0.3, 0.4) is 0 Å². The second-order valence-electron chi connectivity index (χ2n) is 7.15. The summed E-state index contributed by atoms with van der Waals surface area (Å²) in [5.74, 6) is -0.489. The van der Waals surface area contributed by atoms with Crippen molar-refractivity contribution in [2.45, 2.75) is 47.7 Å². The molecule has 2 rings (SSSR count). The summed E-state index contributed by atoms with van der Waals surface area (Å²) in [5, 5.41) is 0. The van der Waals surface area contributed by atoms with Gasteiger partial charge < -0.3 is 15.5 Å². The number of hydrogen-bond donors (Lipinski definition) is 3. The molecule has 0 aliphatic heterocycles. The van der Waals surface area contributed by atoms with Crippen LogP contribution in [0.2, 0.25) is 0 Å². The highest BCUT2D eigenvalue weighted by atomic mass is 32.2. The van der Waals surface area contributed by atoms with Gasteiger partial charge in [-0.3, -0.25) is 4.52 Å². The lowest BCUT2D eigenvalue weighted by Crippen LogP contribution is -2.40. The number of phosphoric ester groups is 1. The van der Waals surface area contributed by atoms with E-state index in [9.17, 15) is 22.1 Å². The van der Waals surface area contributed by atoms with Crippen LogP contribution in [0.4, 0.5) is 17.6 Å². The maximum absolute atomic E-state index is 14.4. The SMILES string of the molecule is C[C@@](N)(CCCc1ccc(Sc2cccc(C(F)(F)F)c2)cc1F)COP(=O)(O)O. The summed E-state index contributed by atoms with van der Waals surface area (Å²) >= 11 is 1.03. The molecule has 166 valence electrons. The molecule has 0 aliphatic rings. The van der Waals surface area contributed by atoms with Gasteiger partial charge in [0, 0.05) is 15.3 Å². The van der Waals surface area contributed by atoms with Crippen molar-refractivity contribution < 1.29 is 36.4 Å². The van der Waals surface area contributed by atoms with Crippen molar-refractivity contribution in [3.63, 3.8) is 0 Å². The molecule has 5 nitrogen and oxygen atoms in total. The van der Waals surface area contributed by atoms with Crippen LogP contribution in [0, 0.1) is 5.82 Å². The Morgan fingerprint density at radius 3 is 2.40 bits per heavy atom. The van der Waals surface area contributed by atoms with Crippen LogP contribution in [0.15, 0.2) is 52.3 Å². The number of rotatable bonds is 9. The molecule has 4 N–H and O–H groups in total. The average molecular weight is 467 g/mol. The molecule has 30 heavy (non-hydrogen) atoms. The first-order valence-corrected chi connectivity index (χ1v) is 11.2. The van der Waals surface area contributed by atoms with Crippen LogP contribution in [-0.2, 0) is 21.7 Å². The minimum Gasteiger partial charge on any atom is -0.323 e. The normalized spacial score (nSPS) is 14.5. The number of benzene rings is 2. The van der Waals surface area contributed by atoms with E-state index in [2.05, 4.69) is 4.52 Å². The number of alkyl halides is 3. The smallest absolute Gasteiger partial charge is 0.323 e. The van der Waals surface area contributed by atoms with E-state index >= 15 is 0 Å². The van der Waals surface area contributed by atoms with Crippen molar-refractivity contribution in [2.24, 2.45) is 5.73 Å². The predicted octanol–water partition coefficient (Wildman–Crippen LogP) is 5.15. The largest absolute Gasteiger partial charge is 0.469 e. The van der Waals surface area contributed by atoms with Gasteiger partial charge in [-0.15, -0.1) is 0 Å². The van der Waals surface area contributed by atoms with Crippen LogP contribution < -0.4 is 5.73 Å². The molecule has 11 heteroatoms. The van der Waals surface area contributed by atoms with Gasteiger partial charge in [0.25, 0.3) is 0 Å². The molecule has 0 bridgehead atoms. The molecule has 0 saturated carbocycles. The lowest BCUT2D eigenvalue weighted by molar-refractivity contribution is -0.137. The molecule has 0 fully saturated rings. The van der Waals surface area contributed by atoms with E-state index in [-0.39, 0.29) is 6.61 Å². The van der Waals surface area contributed by atoms with E-state index < -0.39 is 30.9 Å². The fraction of sp³-hybridized carbons (Fsp3) is 0.368. The zero-order valence-corrected chi connectivity index (χ0v) is 17.7. The van der Waals surface area contributed by atoms with E-state index in [1.165, 1.54) is 18.2 Å². The Balaban J connectivity index is 1.95. The molecular weight excluding hydrogens is 445 g/mol. The van der Waals surface area contributed by atoms with E-state index in [1.807, 2.05) is 0 Å².